The summed E-state index contributed by atoms with van der Waals surface area (Å²) in [6, 6.07) is 11.0. The highest BCUT2D eigenvalue weighted by molar-refractivity contribution is 5.31. The van der Waals surface area contributed by atoms with Gasteiger partial charge in [0.2, 0.25) is 0 Å². The summed E-state index contributed by atoms with van der Waals surface area (Å²) in [5, 5.41) is 15.6. The van der Waals surface area contributed by atoms with Gasteiger partial charge >= 0.3 is 5.69 Å². The number of hydrogen-bond acceptors (Lipinski definition) is 4. The first-order valence-corrected chi connectivity index (χ1v) is 9.25. The molecule has 2 aromatic heterocycles. The maximum absolute atomic E-state index is 14.7. The lowest BCUT2D eigenvalue weighted by Crippen LogP contribution is -2.43. The lowest BCUT2D eigenvalue weighted by molar-refractivity contribution is -0.0342. The Hall–Kier alpha value is -3.59. The predicted molar refractivity (Wildman–Crippen MR) is 105 cm³/mol. The minimum Gasteiger partial charge on any atom is -0.381 e. The summed E-state index contributed by atoms with van der Waals surface area (Å²) in [7, 11) is 0. The molecular weight excluding hydrogens is 392 g/mol. The Balaban J connectivity index is 1.82. The Morgan fingerprint density at radius 2 is 1.90 bits per heavy atom. The molecule has 0 saturated carbocycles. The van der Waals surface area contributed by atoms with Crippen LogP contribution in [0.15, 0.2) is 78.4 Å². The van der Waals surface area contributed by atoms with E-state index in [9.17, 15) is 18.7 Å². The topological polar surface area (TPSA) is 77.9 Å². The first kappa shape index (κ1) is 19.7. The summed E-state index contributed by atoms with van der Waals surface area (Å²) < 4.78 is 32.2. The Kier molecular flexibility index (Phi) is 5.04. The van der Waals surface area contributed by atoms with Crippen LogP contribution in [0.2, 0.25) is 0 Å². The van der Waals surface area contributed by atoms with E-state index in [0.29, 0.717) is 11.8 Å². The van der Waals surface area contributed by atoms with E-state index in [4.69, 9.17) is 0 Å². The molecule has 0 spiro atoms. The van der Waals surface area contributed by atoms with E-state index in [1.54, 1.807) is 37.4 Å². The highest BCUT2D eigenvalue weighted by Gasteiger charge is 2.41. The van der Waals surface area contributed by atoms with Crippen LogP contribution >= 0.6 is 0 Å². The molecule has 30 heavy (non-hydrogen) atoms. The largest absolute Gasteiger partial charge is 0.381 e. The van der Waals surface area contributed by atoms with Crippen molar-refractivity contribution in [1.29, 1.82) is 0 Å². The smallest absolute Gasteiger partial charge is 0.333 e. The molecule has 154 valence electrons. The van der Waals surface area contributed by atoms with E-state index in [1.807, 2.05) is 6.07 Å². The van der Waals surface area contributed by atoms with Gasteiger partial charge in [-0.05, 0) is 25.1 Å². The average molecular weight is 411 g/mol. The third-order valence-electron chi connectivity index (χ3n) is 5.21. The highest BCUT2D eigenvalue weighted by Crippen LogP contribution is 2.36. The van der Waals surface area contributed by atoms with Gasteiger partial charge in [0.05, 0.1) is 18.3 Å². The highest BCUT2D eigenvalue weighted by atomic mass is 19.1. The fraction of sp³-hybridized carbons (Fsp3) is 0.190. The van der Waals surface area contributed by atoms with E-state index in [1.165, 1.54) is 38.7 Å². The van der Waals surface area contributed by atoms with Crippen molar-refractivity contribution >= 4 is 0 Å². The van der Waals surface area contributed by atoms with Crippen LogP contribution in [0.4, 0.5) is 8.78 Å². The first-order chi connectivity index (χ1) is 14.4. The third-order valence-corrected chi connectivity index (χ3v) is 5.21. The molecule has 0 amide bonds. The second kappa shape index (κ2) is 7.68. The van der Waals surface area contributed by atoms with Gasteiger partial charge in [-0.15, -0.1) is 0 Å². The van der Waals surface area contributed by atoms with Crippen molar-refractivity contribution in [1.82, 2.24) is 23.9 Å². The maximum Gasteiger partial charge on any atom is 0.333 e. The summed E-state index contributed by atoms with van der Waals surface area (Å²) in [4.78, 5) is 16.9. The molecule has 0 radical (unpaired) electrons. The van der Waals surface area contributed by atoms with Gasteiger partial charge in [-0.1, -0.05) is 24.3 Å². The number of rotatable bonds is 6. The van der Waals surface area contributed by atoms with Crippen LogP contribution in [-0.2, 0) is 12.1 Å². The van der Waals surface area contributed by atoms with E-state index in [-0.39, 0.29) is 12.1 Å². The monoisotopic (exact) mass is 411 g/mol. The van der Waals surface area contributed by atoms with Crippen molar-refractivity contribution in [3.8, 4) is 5.69 Å². The summed E-state index contributed by atoms with van der Waals surface area (Å²) >= 11 is 0. The molecule has 4 rings (SSSR count). The minimum absolute atomic E-state index is 0.147. The van der Waals surface area contributed by atoms with Crippen molar-refractivity contribution < 1.29 is 13.9 Å². The summed E-state index contributed by atoms with van der Waals surface area (Å²) in [5.74, 6) is -1.68. The fourth-order valence-electron chi connectivity index (χ4n) is 3.54. The molecule has 4 aromatic rings. The van der Waals surface area contributed by atoms with Crippen molar-refractivity contribution in [2.75, 3.05) is 0 Å². The van der Waals surface area contributed by atoms with Crippen LogP contribution in [0, 0.1) is 11.6 Å². The van der Waals surface area contributed by atoms with Gasteiger partial charge in [-0.3, -0.25) is 9.13 Å². The normalized spacial score (nSPS) is 14.4. The van der Waals surface area contributed by atoms with Gasteiger partial charge in [0.25, 0.3) is 0 Å². The molecule has 0 saturated heterocycles. The summed E-state index contributed by atoms with van der Waals surface area (Å²) in [6.45, 7) is 1.40. The number of aromatic nitrogens is 5. The lowest BCUT2D eigenvalue weighted by Gasteiger charge is -2.35. The number of aliphatic hydroxyl groups is 1. The lowest BCUT2D eigenvalue weighted by atomic mass is 9.86. The van der Waals surface area contributed by atoms with E-state index in [2.05, 4.69) is 10.1 Å². The van der Waals surface area contributed by atoms with Gasteiger partial charge < -0.3 is 5.11 Å². The fourth-order valence-corrected chi connectivity index (χ4v) is 3.54. The van der Waals surface area contributed by atoms with Crippen molar-refractivity contribution in [3.05, 3.63) is 101 Å². The molecular formula is C21H19F2N5O2. The Morgan fingerprint density at radius 1 is 1.13 bits per heavy atom. The SMILES string of the molecule is C[C@@H](n1ccn(-c2ccccc2)c1=O)[C@](O)(Cn1cncn1)c1ccc(F)cc1F. The predicted octanol–water partition coefficient (Wildman–Crippen LogP) is 2.66. The molecule has 1 N–H and O–H groups in total. The van der Waals surface area contributed by atoms with Crippen LogP contribution in [0.3, 0.4) is 0 Å². The molecule has 0 aliphatic rings. The maximum atomic E-state index is 14.7. The standard InChI is InChI=1S/C21H19F2N5O2/c1-15(27-9-10-28(20(27)29)17-5-3-2-4-6-17)21(30,12-26-14-24-13-25-26)18-8-7-16(22)11-19(18)23/h2-11,13-15,30H,12H2,1H3/t15-,21-/m1/s1. The zero-order chi connectivity index (χ0) is 21.3. The van der Waals surface area contributed by atoms with Gasteiger partial charge in [0, 0.05) is 24.0 Å². The molecule has 2 atom stereocenters. The van der Waals surface area contributed by atoms with Crippen molar-refractivity contribution in [2.45, 2.75) is 25.1 Å². The molecule has 2 aromatic carbocycles. The molecule has 2 heterocycles. The first-order valence-electron chi connectivity index (χ1n) is 9.25. The molecule has 0 unspecified atom stereocenters. The van der Waals surface area contributed by atoms with Gasteiger partial charge in [-0.25, -0.2) is 23.2 Å². The number of para-hydroxylation sites is 1. The average Bonchev–Trinajstić information content (AvgIpc) is 3.37. The van der Waals surface area contributed by atoms with Crippen LogP contribution < -0.4 is 5.69 Å². The Labute approximate surface area is 170 Å². The van der Waals surface area contributed by atoms with Crippen molar-refractivity contribution in [3.63, 3.8) is 0 Å². The quantitative estimate of drug-likeness (QED) is 0.529. The minimum atomic E-state index is -1.92. The van der Waals surface area contributed by atoms with Gasteiger partial charge in [-0.2, -0.15) is 5.10 Å². The van der Waals surface area contributed by atoms with E-state index in [0.717, 1.165) is 6.07 Å². The molecule has 0 aliphatic heterocycles. The van der Waals surface area contributed by atoms with Gasteiger partial charge in [0.1, 0.15) is 29.9 Å². The molecule has 0 bridgehead atoms. The zero-order valence-electron chi connectivity index (χ0n) is 16.1. The molecule has 0 fully saturated rings. The Morgan fingerprint density at radius 3 is 2.57 bits per heavy atom. The summed E-state index contributed by atoms with van der Waals surface area (Å²) in [6.07, 6.45) is 5.75. The summed E-state index contributed by atoms with van der Waals surface area (Å²) in [5.41, 5.74) is -1.82. The second-order valence-corrected chi connectivity index (χ2v) is 7.01. The van der Waals surface area contributed by atoms with Crippen LogP contribution in [0.25, 0.3) is 5.69 Å². The molecule has 0 aliphatic carbocycles. The van der Waals surface area contributed by atoms with Crippen molar-refractivity contribution in [2.24, 2.45) is 0 Å². The van der Waals surface area contributed by atoms with Crippen LogP contribution in [-0.4, -0.2) is 29.0 Å². The number of halogens is 2. The number of benzene rings is 2. The van der Waals surface area contributed by atoms with Gasteiger partial charge in [0.15, 0.2) is 0 Å². The number of imidazole rings is 1. The number of hydrogen-bond donors (Lipinski definition) is 1. The molecule has 9 heteroatoms. The van der Waals surface area contributed by atoms with E-state index >= 15 is 0 Å². The number of nitrogens with zero attached hydrogens (tertiary/aromatic N) is 5. The zero-order valence-corrected chi connectivity index (χ0v) is 16.1. The third kappa shape index (κ3) is 3.43. The van der Waals surface area contributed by atoms with Crippen LogP contribution in [0.1, 0.15) is 18.5 Å². The van der Waals surface area contributed by atoms with Crippen LogP contribution in [0.5, 0.6) is 0 Å². The van der Waals surface area contributed by atoms with E-state index < -0.39 is 29.0 Å². The Bertz CT molecular complexity index is 1200. The second-order valence-electron chi connectivity index (χ2n) is 7.01. The molecule has 7 nitrogen and oxygen atoms in total.